The summed E-state index contributed by atoms with van der Waals surface area (Å²) in [5, 5.41) is 1.02. The molecular formula is C15H10FIN2O. The summed E-state index contributed by atoms with van der Waals surface area (Å²) in [7, 11) is 0. The second kappa shape index (κ2) is 5.24. The summed E-state index contributed by atoms with van der Waals surface area (Å²) in [6.45, 7) is 0. The fraction of sp³-hybridized carbons (Fsp3) is 0. The van der Waals surface area contributed by atoms with Crippen molar-refractivity contribution in [2.75, 3.05) is 5.73 Å². The third kappa shape index (κ3) is 2.53. The van der Waals surface area contributed by atoms with Crippen LogP contribution in [0.25, 0.3) is 10.9 Å². The lowest BCUT2D eigenvalue weighted by Gasteiger charge is -2.10. The van der Waals surface area contributed by atoms with E-state index in [4.69, 9.17) is 10.5 Å². The highest BCUT2D eigenvalue weighted by Crippen LogP contribution is 2.31. The molecule has 3 rings (SSSR count). The summed E-state index contributed by atoms with van der Waals surface area (Å²) >= 11 is 1.89. The molecular weight excluding hydrogens is 370 g/mol. The zero-order chi connectivity index (χ0) is 14.1. The lowest BCUT2D eigenvalue weighted by atomic mass is 10.2. The van der Waals surface area contributed by atoms with Crippen molar-refractivity contribution in [3.8, 4) is 11.5 Å². The summed E-state index contributed by atoms with van der Waals surface area (Å²) in [5.74, 6) is 0.524. The lowest BCUT2D eigenvalue weighted by Crippen LogP contribution is -1.95. The normalized spacial score (nSPS) is 10.7. The number of rotatable bonds is 2. The number of pyridine rings is 1. The maximum absolute atomic E-state index is 13.6. The molecule has 1 heterocycles. The van der Waals surface area contributed by atoms with Crippen LogP contribution in [0.1, 0.15) is 0 Å². The predicted molar refractivity (Wildman–Crippen MR) is 85.3 cm³/mol. The Hall–Kier alpha value is -1.89. The summed E-state index contributed by atoms with van der Waals surface area (Å²) < 4.78 is 19.7. The van der Waals surface area contributed by atoms with Crippen LogP contribution in [0.5, 0.6) is 11.5 Å². The van der Waals surface area contributed by atoms with E-state index in [0.717, 1.165) is 10.9 Å². The van der Waals surface area contributed by atoms with Crippen LogP contribution in [0, 0.1) is 9.39 Å². The smallest absolute Gasteiger partial charge is 0.153 e. The topological polar surface area (TPSA) is 48.1 Å². The SMILES string of the molecule is Nc1cc(I)c(F)cc1Oc1ccc2cccnc2c1. The molecule has 2 N–H and O–H groups in total. The number of hydrogen-bond acceptors (Lipinski definition) is 3. The van der Waals surface area contributed by atoms with Crippen molar-refractivity contribution < 1.29 is 9.13 Å². The van der Waals surface area contributed by atoms with Gasteiger partial charge in [0.1, 0.15) is 11.6 Å². The Morgan fingerprint density at radius 1 is 1.15 bits per heavy atom. The quantitative estimate of drug-likeness (QED) is 0.531. The molecule has 3 aromatic rings. The predicted octanol–water partition coefficient (Wildman–Crippen LogP) is 4.35. The Labute approximate surface area is 128 Å². The van der Waals surface area contributed by atoms with Crippen LogP contribution in [0.4, 0.5) is 10.1 Å². The highest BCUT2D eigenvalue weighted by Gasteiger charge is 2.08. The summed E-state index contributed by atoms with van der Waals surface area (Å²) in [4.78, 5) is 4.25. The molecule has 0 saturated heterocycles. The molecule has 0 atom stereocenters. The first-order chi connectivity index (χ1) is 9.63. The molecule has 100 valence electrons. The Morgan fingerprint density at radius 2 is 2.00 bits per heavy atom. The molecule has 0 spiro atoms. The van der Waals surface area contributed by atoms with Crippen molar-refractivity contribution in [2.24, 2.45) is 0 Å². The standard InChI is InChI=1S/C15H10FIN2O/c16-11-7-15(13(18)8-12(11)17)20-10-4-3-9-2-1-5-19-14(9)6-10/h1-8H,18H2. The number of ether oxygens (including phenoxy) is 1. The van der Waals surface area contributed by atoms with E-state index in [1.165, 1.54) is 6.07 Å². The van der Waals surface area contributed by atoms with Crippen molar-refractivity contribution in [1.29, 1.82) is 0 Å². The summed E-state index contributed by atoms with van der Waals surface area (Å²) in [6.07, 6.45) is 1.71. The number of nitrogen functional groups attached to an aromatic ring is 1. The van der Waals surface area contributed by atoms with Gasteiger partial charge >= 0.3 is 0 Å². The molecule has 0 aliphatic rings. The average molecular weight is 380 g/mol. The highest BCUT2D eigenvalue weighted by molar-refractivity contribution is 14.1. The molecule has 0 radical (unpaired) electrons. The van der Waals surface area contributed by atoms with E-state index in [2.05, 4.69) is 4.98 Å². The summed E-state index contributed by atoms with van der Waals surface area (Å²) in [5.41, 5.74) is 7.05. The van der Waals surface area contributed by atoms with Crippen LogP contribution >= 0.6 is 22.6 Å². The molecule has 0 bridgehead atoms. The monoisotopic (exact) mass is 380 g/mol. The van der Waals surface area contributed by atoms with Gasteiger partial charge in [-0.1, -0.05) is 6.07 Å². The molecule has 2 aromatic carbocycles. The fourth-order valence-corrected chi connectivity index (χ4v) is 2.36. The minimum absolute atomic E-state index is 0.304. The van der Waals surface area contributed by atoms with Gasteiger partial charge in [0.25, 0.3) is 0 Å². The molecule has 1 aromatic heterocycles. The van der Waals surface area contributed by atoms with E-state index < -0.39 is 0 Å². The third-order valence-corrected chi connectivity index (χ3v) is 3.68. The minimum Gasteiger partial charge on any atom is -0.455 e. The van der Waals surface area contributed by atoms with E-state index in [9.17, 15) is 4.39 Å². The van der Waals surface area contributed by atoms with Gasteiger partial charge in [-0.15, -0.1) is 0 Å². The van der Waals surface area contributed by atoms with Crippen LogP contribution in [-0.2, 0) is 0 Å². The zero-order valence-electron chi connectivity index (χ0n) is 10.3. The van der Waals surface area contributed by atoms with Crippen molar-refractivity contribution in [2.45, 2.75) is 0 Å². The number of benzene rings is 2. The van der Waals surface area contributed by atoms with Gasteiger partial charge in [-0.05, 0) is 46.9 Å². The van der Waals surface area contributed by atoms with E-state index in [1.54, 1.807) is 24.4 Å². The molecule has 0 unspecified atom stereocenters. The number of nitrogens with zero attached hydrogens (tertiary/aromatic N) is 1. The number of nitrogens with two attached hydrogens (primary N) is 1. The van der Waals surface area contributed by atoms with Gasteiger partial charge in [0.15, 0.2) is 5.75 Å². The lowest BCUT2D eigenvalue weighted by molar-refractivity contribution is 0.479. The molecule has 3 nitrogen and oxygen atoms in total. The summed E-state index contributed by atoms with van der Waals surface area (Å²) in [6, 6.07) is 12.2. The Balaban J connectivity index is 1.99. The van der Waals surface area contributed by atoms with Gasteiger partial charge in [-0.2, -0.15) is 0 Å². The molecule has 0 saturated carbocycles. The van der Waals surface area contributed by atoms with Crippen molar-refractivity contribution in [1.82, 2.24) is 4.98 Å². The van der Waals surface area contributed by atoms with Gasteiger partial charge in [-0.25, -0.2) is 4.39 Å². The number of halogens is 2. The molecule has 0 aliphatic heterocycles. The average Bonchev–Trinajstić information content (AvgIpc) is 2.44. The van der Waals surface area contributed by atoms with Crippen LogP contribution in [0.2, 0.25) is 0 Å². The van der Waals surface area contributed by atoms with Gasteiger partial charge in [0.05, 0.1) is 14.8 Å². The van der Waals surface area contributed by atoms with Crippen LogP contribution < -0.4 is 10.5 Å². The Kier molecular flexibility index (Phi) is 3.43. The maximum atomic E-state index is 13.6. The van der Waals surface area contributed by atoms with Crippen molar-refractivity contribution >= 4 is 39.2 Å². The van der Waals surface area contributed by atoms with E-state index in [1.807, 2.05) is 40.8 Å². The first kappa shape index (κ1) is 13.1. The highest BCUT2D eigenvalue weighted by atomic mass is 127. The molecule has 5 heteroatoms. The first-order valence-electron chi connectivity index (χ1n) is 5.90. The van der Waals surface area contributed by atoms with Gasteiger partial charge in [0.2, 0.25) is 0 Å². The zero-order valence-corrected chi connectivity index (χ0v) is 12.5. The molecule has 0 amide bonds. The Morgan fingerprint density at radius 3 is 2.85 bits per heavy atom. The maximum Gasteiger partial charge on any atom is 0.153 e. The second-order valence-corrected chi connectivity index (χ2v) is 5.43. The van der Waals surface area contributed by atoms with E-state index in [0.29, 0.717) is 20.8 Å². The van der Waals surface area contributed by atoms with Gasteiger partial charge in [0, 0.05) is 23.7 Å². The number of hydrogen-bond donors (Lipinski definition) is 1. The van der Waals surface area contributed by atoms with Crippen LogP contribution in [0.15, 0.2) is 48.7 Å². The fourth-order valence-electron chi connectivity index (χ4n) is 1.87. The van der Waals surface area contributed by atoms with Gasteiger partial charge in [-0.3, -0.25) is 4.98 Å². The largest absolute Gasteiger partial charge is 0.455 e. The second-order valence-electron chi connectivity index (χ2n) is 4.26. The number of aromatic nitrogens is 1. The minimum atomic E-state index is -0.353. The first-order valence-corrected chi connectivity index (χ1v) is 6.98. The molecule has 0 fully saturated rings. The van der Waals surface area contributed by atoms with Gasteiger partial charge < -0.3 is 10.5 Å². The molecule has 20 heavy (non-hydrogen) atoms. The number of anilines is 1. The third-order valence-electron chi connectivity index (χ3n) is 2.86. The van der Waals surface area contributed by atoms with Crippen molar-refractivity contribution in [3.05, 3.63) is 58.0 Å². The van der Waals surface area contributed by atoms with E-state index in [-0.39, 0.29) is 5.82 Å². The van der Waals surface area contributed by atoms with E-state index >= 15 is 0 Å². The van der Waals surface area contributed by atoms with Crippen LogP contribution in [-0.4, -0.2) is 4.98 Å². The number of fused-ring (bicyclic) bond motifs is 1. The Bertz CT molecular complexity index is 792. The van der Waals surface area contributed by atoms with Crippen LogP contribution in [0.3, 0.4) is 0 Å². The molecule has 0 aliphatic carbocycles. The van der Waals surface area contributed by atoms with Crippen molar-refractivity contribution in [3.63, 3.8) is 0 Å².